The lowest BCUT2D eigenvalue weighted by atomic mass is 10.0. The van der Waals surface area contributed by atoms with Crippen molar-refractivity contribution in [2.24, 2.45) is 0 Å². The number of hydrogen-bond acceptors (Lipinski definition) is 4. The number of anilines is 1. The number of hydrogen-bond donors (Lipinski definition) is 0. The van der Waals surface area contributed by atoms with Crippen LogP contribution in [0.5, 0.6) is 0 Å². The molecule has 1 aliphatic rings. The molecule has 5 nitrogen and oxygen atoms in total. The Balaban J connectivity index is 2.20. The highest BCUT2D eigenvalue weighted by Crippen LogP contribution is 2.28. The molecule has 1 atom stereocenters. The van der Waals surface area contributed by atoms with Crippen LogP contribution in [0.15, 0.2) is 0 Å². The van der Waals surface area contributed by atoms with Crippen LogP contribution in [0, 0.1) is 13.8 Å². The van der Waals surface area contributed by atoms with Crippen LogP contribution in [-0.4, -0.2) is 52.3 Å². The van der Waals surface area contributed by atoms with Crippen LogP contribution >= 0.6 is 11.6 Å². The second kappa shape index (κ2) is 6.82. The van der Waals surface area contributed by atoms with Crippen LogP contribution in [0.1, 0.15) is 43.8 Å². The molecule has 1 unspecified atom stereocenters. The van der Waals surface area contributed by atoms with Gasteiger partial charge in [-0.3, -0.25) is 4.79 Å². The topological polar surface area (TPSA) is 49.3 Å². The molecule has 0 spiro atoms. The summed E-state index contributed by atoms with van der Waals surface area (Å²) in [5, 5.41) is -0.457. The lowest BCUT2D eigenvalue weighted by molar-refractivity contribution is -0.130. The molecular weight excluding hydrogens is 300 g/mol. The van der Waals surface area contributed by atoms with Crippen LogP contribution < -0.4 is 4.90 Å². The van der Waals surface area contributed by atoms with E-state index in [-0.39, 0.29) is 5.91 Å². The number of aryl methyl sites for hydroxylation is 2. The summed E-state index contributed by atoms with van der Waals surface area (Å²) >= 11 is 5.90. The standard InChI is InChI=1S/C16H25ClN4O/c1-10(2)14-12(4)18-13(5)19-15(14)20-6-8-21(9-7-20)16(22)11(3)17/h10-11H,6-9H2,1-5H3. The normalized spacial score (nSPS) is 17.0. The Hall–Kier alpha value is -1.36. The number of halogens is 1. The smallest absolute Gasteiger partial charge is 0.240 e. The molecule has 1 amide bonds. The quantitative estimate of drug-likeness (QED) is 0.802. The molecule has 0 aromatic carbocycles. The number of carbonyl (C=O) groups excluding carboxylic acids is 1. The van der Waals surface area contributed by atoms with Gasteiger partial charge in [0, 0.05) is 37.4 Å². The third-order valence-electron chi connectivity index (χ3n) is 4.04. The van der Waals surface area contributed by atoms with E-state index >= 15 is 0 Å². The van der Waals surface area contributed by atoms with Crippen LogP contribution in [0.4, 0.5) is 5.82 Å². The Labute approximate surface area is 137 Å². The minimum absolute atomic E-state index is 0.0143. The van der Waals surface area contributed by atoms with E-state index in [0.717, 1.165) is 30.4 Å². The summed E-state index contributed by atoms with van der Waals surface area (Å²) in [4.78, 5) is 25.2. The molecule has 6 heteroatoms. The molecule has 2 heterocycles. The van der Waals surface area contributed by atoms with Gasteiger partial charge in [-0.2, -0.15) is 0 Å². The lowest BCUT2D eigenvalue weighted by Gasteiger charge is -2.37. The predicted octanol–water partition coefficient (Wildman–Crippen LogP) is 2.49. The number of alkyl halides is 1. The number of piperazine rings is 1. The monoisotopic (exact) mass is 324 g/mol. The maximum atomic E-state index is 12.0. The molecule has 22 heavy (non-hydrogen) atoms. The molecule has 0 aliphatic carbocycles. The van der Waals surface area contributed by atoms with E-state index in [1.54, 1.807) is 6.92 Å². The number of rotatable bonds is 3. The molecule has 0 saturated carbocycles. The molecule has 0 N–H and O–H groups in total. The summed E-state index contributed by atoms with van der Waals surface area (Å²) in [5.41, 5.74) is 2.25. The van der Waals surface area contributed by atoms with Gasteiger partial charge in [-0.1, -0.05) is 13.8 Å². The van der Waals surface area contributed by atoms with Crippen molar-refractivity contribution in [2.45, 2.75) is 45.9 Å². The summed E-state index contributed by atoms with van der Waals surface area (Å²) < 4.78 is 0. The van der Waals surface area contributed by atoms with E-state index in [0.29, 0.717) is 19.0 Å². The zero-order valence-electron chi connectivity index (χ0n) is 14.1. The highest BCUT2D eigenvalue weighted by molar-refractivity contribution is 6.30. The summed E-state index contributed by atoms with van der Waals surface area (Å²) in [6, 6.07) is 0. The van der Waals surface area contributed by atoms with Gasteiger partial charge < -0.3 is 9.80 Å². The maximum Gasteiger partial charge on any atom is 0.240 e. The van der Waals surface area contributed by atoms with E-state index in [4.69, 9.17) is 11.6 Å². The van der Waals surface area contributed by atoms with E-state index in [1.165, 1.54) is 5.56 Å². The first-order valence-corrected chi connectivity index (χ1v) is 8.27. The van der Waals surface area contributed by atoms with Gasteiger partial charge in [0.1, 0.15) is 17.0 Å². The fourth-order valence-corrected chi connectivity index (χ4v) is 3.15. The zero-order chi connectivity index (χ0) is 16.4. The predicted molar refractivity (Wildman–Crippen MR) is 89.7 cm³/mol. The highest BCUT2D eigenvalue weighted by atomic mass is 35.5. The van der Waals surface area contributed by atoms with Crippen LogP contribution in [0.2, 0.25) is 0 Å². The number of carbonyl (C=O) groups is 1. The molecule has 0 bridgehead atoms. The van der Waals surface area contributed by atoms with Crippen molar-refractivity contribution >= 4 is 23.3 Å². The Bertz CT molecular complexity index is 551. The average molecular weight is 325 g/mol. The van der Waals surface area contributed by atoms with E-state index in [2.05, 4.69) is 28.7 Å². The molecule has 122 valence electrons. The third-order valence-corrected chi connectivity index (χ3v) is 4.22. The summed E-state index contributed by atoms with van der Waals surface area (Å²) in [6.45, 7) is 13.0. The first-order valence-electron chi connectivity index (χ1n) is 7.84. The van der Waals surface area contributed by atoms with Crippen molar-refractivity contribution in [3.05, 3.63) is 17.1 Å². The molecule has 1 saturated heterocycles. The third kappa shape index (κ3) is 3.51. The first kappa shape index (κ1) is 17.0. The van der Waals surface area contributed by atoms with Crippen molar-refractivity contribution < 1.29 is 4.79 Å². The minimum Gasteiger partial charge on any atom is -0.353 e. The second-order valence-electron chi connectivity index (χ2n) is 6.18. The summed E-state index contributed by atoms with van der Waals surface area (Å²) in [7, 11) is 0. The largest absolute Gasteiger partial charge is 0.353 e. The Morgan fingerprint density at radius 2 is 1.68 bits per heavy atom. The molecular formula is C16H25ClN4O. The number of amides is 1. The van der Waals surface area contributed by atoms with Crippen molar-refractivity contribution in [2.75, 3.05) is 31.1 Å². The van der Waals surface area contributed by atoms with Crippen molar-refractivity contribution in [3.8, 4) is 0 Å². The second-order valence-corrected chi connectivity index (χ2v) is 6.83. The maximum absolute atomic E-state index is 12.0. The van der Waals surface area contributed by atoms with Gasteiger partial charge >= 0.3 is 0 Å². The van der Waals surface area contributed by atoms with Crippen molar-refractivity contribution in [1.82, 2.24) is 14.9 Å². The van der Waals surface area contributed by atoms with Crippen LogP contribution in [0.25, 0.3) is 0 Å². The van der Waals surface area contributed by atoms with Crippen LogP contribution in [-0.2, 0) is 4.79 Å². The average Bonchev–Trinajstić information content (AvgIpc) is 2.45. The minimum atomic E-state index is -0.457. The van der Waals surface area contributed by atoms with E-state index in [9.17, 15) is 4.79 Å². The van der Waals surface area contributed by atoms with E-state index in [1.807, 2.05) is 18.7 Å². The Kier molecular flexibility index (Phi) is 5.27. The molecule has 1 aromatic heterocycles. The van der Waals surface area contributed by atoms with Gasteiger partial charge in [0.2, 0.25) is 5.91 Å². The van der Waals surface area contributed by atoms with Gasteiger partial charge in [0.25, 0.3) is 0 Å². The summed E-state index contributed by atoms with van der Waals surface area (Å²) in [5.74, 6) is 2.20. The molecule has 1 aromatic rings. The molecule has 0 radical (unpaired) electrons. The van der Waals surface area contributed by atoms with Gasteiger partial charge in [-0.15, -0.1) is 11.6 Å². The van der Waals surface area contributed by atoms with E-state index < -0.39 is 5.38 Å². The first-order chi connectivity index (χ1) is 10.3. The fraction of sp³-hybridized carbons (Fsp3) is 0.688. The van der Waals surface area contributed by atoms with Gasteiger partial charge in [-0.05, 0) is 26.7 Å². The fourth-order valence-electron chi connectivity index (χ4n) is 3.01. The van der Waals surface area contributed by atoms with Crippen LogP contribution in [0.3, 0.4) is 0 Å². The van der Waals surface area contributed by atoms with Gasteiger partial charge in [0.05, 0.1) is 0 Å². The van der Waals surface area contributed by atoms with Crippen molar-refractivity contribution in [3.63, 3.8) is 0 Å². The van der Waals surface area contributed by atoms with Gasteiger partial charge in [-0.25, -0.2) is 9.97 Å². The lowest BCUT2D eigenvalue weighted by Crippen LogP contribution is -2.51. The SMILES string of the molecule is Cc1nc(C)c(C(C)C)c(N2CCN(C(=O)C(C)Cl)CC2)n1. The molecule has 2 rings (SSSR count). The number of aromatic nitrogens is 2. The highest BCUT2D eigenvalue weighted by Gasteiger charge is 2.26. The zero-order valence-corrected chi connectivity index (χ0v) is 14.8. The molecule has 1 aliphatic heterocycles. The summed E-state index contributed by atoms with van der Waals surface area (Å²) in [6.07, 6.45) is 0. The van der Waals surface area contributed by atoms with Crippen molar-refractivity contribution in [1.29, 1.82) is 0 Å². The Morgan fingerprint density at radius 1 is 1.09 bits per heavy atom. The van der Waals surface area contributed by atoms with Gasteiger partial charge in [0.15, 0.2) is 0 Å². The molecule has 1 fully saturated rings. The number of nitrogens with zero attached hydrogens (tertiary/aromatic N) is 4. The Morgan fingerprint density at radius 3 is 2.18 bits per heavy atom.